The van der Waals surface area contributed by atoms with E-state index in [1.165, 1.54) is 0 Å². The lowest BCUT2D eigenvalue weighted by molar-refractivity contribution is -0.133. The first-order valence-corrected chi connectivity index (χ1v) is 8.99. The number of aromatic nitrogens is 3. The minimum Gasteiger partial charge on any atom is -0.494 e. The Bertz CT molecular complexity index is 699. The Morgan fingerprint density at radius 1 is 1.28 bits per heavy atom. The highest BCUT2D eigenvalue weighted by Crippen LogP contribution is 2.22. The molecular weight excluding hydrogens is 316 g/mol. The highest BCUT2D eigenvalue weighted by molar-refractivity contribution is 5.76. The molecule has 1 fully saturated rings. The van der Waals surface area contributed by atoms with Crippen LogP contribution in [-0.4, -0.2) is 45.3 Å². The average Bonchev–Trinajstić information content (AvgIpc) is 2.98. The van der Waals surface area contributed by atoms with Crippen molar-refractivity contribution < 1.29 is 9.53 Å². The molecule has 0 spiro atoms. The lowest BCUT2D eigenvalue weighted by Crippen LogP contribution is -2.41. The van der Waals surface area contributed by atoms with E-state index in [2.05, 4.69) is 10.1 Å². The normalized spacial score (nSPS) is 17.5. The number of amides is 1. The van der Waals surface area contributed by atoms with Crippen molar-refractivity contribution in [2.24, 2.45) is 0 Å². The molecule has 2 aromatic rings. The van der Waals surface area contributed by atoms with Crippen LogP contribution in [0.5, 0.6) is 5.75 Å². The molecule has 2 heterocycles. The predicted octanol–water partition coefficient (Wildman–Crippen LogP) is 2.92. The van der Waals surface area contributed by atoms with Crippen LogP contribution in [0.2, 0.25) is 0 Å². The number of para-hydroxylation sites is 1. The summed E-state index contributed by atoms with van der Waals surface area (Å²) in [5, 5.41) is 4.48. The second-order valence-corrected chi connectivity index (χ2v) is 6.55. The molecule has 0 aliphatic carbocycles. The number of likely N-dealkylation sites (tertiary alicyclic amines) is 1. The van der Waals surface area contributed by atoms with Gasteiger partial charge in [0, 0.05) is 19.5 Å². The van der Waals surface area contributed by atoms with Crippen LogP contribution in [0.3, 0.4) is 0 Å². The molecule has 6 heteroatoms. The number of benzene rings is 1. The van der Waals surface area contributed by atoms with Gasteiger partial charge in [-0.15, -0.1) is 0 Å². The second kappa shape index (κ2) is 8.14. The quantitative estimate of drug-likeness (QED) is 0.757. The molecule has 1 atom stereocenters. The topological polar surface area (TPSA) is 60.2 Å². The largest absolute Gasteiger partial charge is 0.494 e. The maximum atomic E-state index is 12.5. The molecule has 0 radical (unpaired) electrons. The number of piperidine rings is 1. The molecule has 6 nitrogen and oxygen atoms in total. The molecule has 0 unspecified atom stereocenters. The minimum absolute atomic E-state index is 0.204. The van der Waals surface area contributed by atoms with Crippen molar-refractivity contribution in [1.29, 1.82) is 0 Å². The molecule has 25 heavy (non-hydrogen) atoms. The number of rotatable bonds is 6. The molecule has 0 N–H and O–H groups in total. The fraction of sp³-hybridized carbons (Fsp3) is 0.526. The summed E-state index contributed by atoms with van der Waals surface area (Å²) >= 11 is 0. The van der Waals surface area contributed by atoms with Crippen molar-refractivity contribution in [2.75, 3.05) is 19.7 Å². The predicted molar refractivity (Wildman–Crippen MR) is 95.5 cm³/mol. The summed E-state index contributed by atoms with van der Waals surface area (Å²) in [7, 11) is 0. The van der Waals surface area contributed by atoms with E-state index in [4.69, 9.17) is 4.74 Å². The Morgan fingerprint density at radius 3 is 2.80 bits per heavy atom. The fourth-order valence-electron chi connectivity index (χ4n) is 3.35. The van der Waals surface area contributed by atoms with Crippen LogP contribution in [0.1, 0.15) is 43.4 Å². The number of nitrogens with zero attached hydrogens (tertiary/aromatic N) is 4. The maximum absolute atomic E-state index is 12.5. The highest BCUT2D eigenvalue weighted by atomic mass is 16.5. The Labute approximate surface area is 148 Å². The molecule has 1 saturated heterocycles. The Morgan fingerprint density at radius 2 is 2.08 bits per heavy atom. The van der Waals surface area contributed by atoms with Gasteiger partial charge < -0.3 is 9.64 Å². The van der Waals surface area contributed by atoms with Crippen LogP contribution < -0.4 is 4.74 Å². The zero-order chi connectivity index (χ0) is 17.6. The van der Waals surface area contributed by atoms with Gasteiger partial charge in [0.2, 0.25) is 5.91 Å². The van der Waals surface area contributed by atoms with E-state index < -0.39 is 0 Å². The monoisotopic (exact) mass is 342 g/mol. The molecule has 1 aliphatic rings. The van der Waals surface area contributed by atoms with Gasteiger partial charge in [-0.1, -0.05) is 18.2 Å². The van der Waals surface area contributed by atoms with Crippen LogP contribution in [0.4, 0.5) is 0 Å². The molecule has 0 bridgehead atoms. The van der Waals surface area contributed by atoms with Gasteiger partial charge in [0.1, 0.15) is 17.4 Å². The summed E-state index contributed by atoms with van der Waals surface area (Å²) in [5.74, 6) is 2.77. The van der Waals surface area contributed by atoms with Gasteiger partial charge in [0.25, 0.3) is 0 Å². The second-order valence-electron chi connectivity index (χ2n) is 6.55. The van der Waals surface area contributed by atoms with Crippen molar-refractivity contribution in [3.63, 3.8) is 0 Å². The third-order valence-electron chi connectivity index (χ3n) is 4.55. The van der Waals surface area contributed by atoms with Crippen LogP contribution >= 0.6 is 0 Å². The molecule has 1 amide bonds. The first-order valence-electron chi connectivity index (χ1n) is 8.99. The van der Waals surface area contributed by atoms with Crippen molar-refractivity contribution in [1.82, 2.24) is 19.7 Å². The van der Waals surface area contributed by atoms with Gasteiger partial charge in [0.05, 0.1) is 12.6 Å². The highest BCUT2D eigenvalue weighted by Gasteiger charge is 2.26. The van der Waals surface area contributed by atoms with E-state index >= 15 is 0 Å². The van der Waals surface area contributed by atoms with Crippen LogP contribution in [-0.2, 0) is 4.79 Å². The fourth-order valence-corrected chi connectivity index (χ4v) is 3.35. The number of aryl methyl sites for hydroxylation is 2. The molecular formula is C19H26N4O2. The number of ether oxygens (including phenoxy) is 1. The molecule has 1 aromatic carbocycles. The van der Waals surface area contributed by atoms with Gasteiger partial charge >= 0.3 is 0 Å². The van der Waals surface area contributed by atoms with Crippen LogP contribution in [0, 0.1) is 13.8 Å². The Kier molecular flexibility index (Phi) is 5.68. The zero-order valence-corrected chi connectivity index (χ0v) is 15.0. The standard InChI is InChI=1S/C19H26N4O2/c1-15-20-16(2)23(21-15)17-8-6-12-22(14-17)19(24)11-7-13-25-18-9-4-3-5-10-18/h3-5,9-10,17H,6-8,11-14H2,1-2H3/t17-/m0/s1. The molecule has 3 rings (SSSR count). The lowest BCUT2D eigenvalue weighted by atomic mass is 10.1. The molecule has 134 valence electrons. The van der Waals surface area contributed by atoms with Gasteiger partial charge in [-0.2, -0.15) is 5.10 Å². The van der Waals surface area contributed by atoms with Crippen molar-refractivity contribution in [3.8, 4) is 5.75 Å². The van der Waals surface area contributed by atoms with Crippen molar-refractivity contribution in [2.45, 2.75) is 45.6 Å². The number of carbonyl (C=O) groups is 1. The SMILES string of the molecule is Cc1nc(C)n([C@H]2CCCN(C(=O)CCCOc3ccccc3)C2)n1. The number of hydrogen-bond acceptors (Lipinski definition) is 4. The van der Waals surface area contributed by atoms with Crippen molar-refractivity contribution >= 4 is 5.91 Å². The van der Waals surface area contributed by atoms with E-state index in [-0.39, 0.29) is 11.9 Å². The Hall–Kier alpha value is -2.37. The van der Waals surface area contributed by atoms with Gasteiger partial charge in [-0.05, 0) is 45.2 Å². The summed E-state index contributed by atoms with van der Waals surface area (Å²) in [6, 6.07) is 9.95. The molecule has 0 saturated carbocycles. The van der Waals surface area contributed by atoms with Gasteiger partial charge in [-0.25, -0.2) is 9.67 Å². The summed E-state index contributed by atoms with van der Waals surface area (Å²) in [4.78, 5) is 18.8. The van der Waals surface area contributed by atoms with E-state index in [1.807, 2.05) is 53.8 Å². The maximum Gasteiger partial charge on any atom is 0.222 e. The first-order chi connectivity index (χ1) is 12.1. The van der Waals surface area contributed by atoms with Gasteiger partial charge in [-0.3, -0.25) is 4.79 Å². The third-order valence-corrected chi connectivity index (χ3v) is 4.55. The van der Waals surface area contributed by atoms with Crippen molar-refractivity contribution in [3.05, 3.63) is 42.0 Å². The van der Waals surface area contributed by atoms with E-state index in [1.54, 1.807) is 0 Å². The van der Waals surface area contributed by atoms with Crippen LogP contribution in [0.15, 0.2) is 30.3 Å². The van der Waals surface area contributed by atoms with E-state index in [0.717, 1.165) is 49.8 Å². The Balaban J connectivity index is 1.46. The first kappa shape index (κ1) is 17.5. The summed E-state index contributed by atoms with van der Waals surface area (Å²) in [6.07, 6.45) is 3.31. The summed E-state index contributed by atoms with van der Waals surface area (Å²) < 4.78 is 7.64. The van der Waals surface area contributed by atoms with Crippen LogP contribution in [0.25, 0.3) is 0 Å². The minimum atomic E-state index is 0.204. The zero-order valence-electron chi connectivity index (χ0n) is 15.0. The number of carbonyl (C=O) groups excluding carboxylic acids is 1. The average molecular weight is 342 g/mol. The number of hydrogen-bond donors (Lipinski definition) is 0. The summed E-state index contributed by atoms with van der Waals surface area (Å²) in [5.41, 5.74) is 0. The third kappa shape index (κ3) is 4.59. The summed E-state index contributed by atoms with van der Waals surface area (Å²) in [6.45, 7) is 6.00. The van der Waals surface area contributed by atoms with Gasteiger partial charge in [0.15, 0.2) is 0 Å². The molecule has 1 aliphatic heterocycles. The van der Waals surface area contributed by atoms with E-state index in [0.29, 0.717) is 13.0 Å². The smallest absolute Gasteiger partial charge is 0.222 e. The lowest BCUT2D eigenvalue weighted by Gasteiger charge is -2.33. The molecule has 1 aromatic heterocycles. The van der Waals surface area contributed by atoms with E-state index in [9.17, 15) is 4.79 Å².